The van der Waals surface area contributed by atoms with Crippen molar-refractivity contribution in [3.05, 3.63) is 0 Å². The van der Waals surface area contributed by atoms with Gasteiger partial charge in [0.1, 0.15) is 6.54 Å². The van der Waals surface area contributed by atoms with Crippen molar-refractivity contribution in [3.8, 4) is 0 Å². The second kappa shape index (κ2) is 4.60. The van der Waals surface area contributed by atoms with Gasteiger partial charge >= 0.3 is 5.97 Å². The maximum atomic E-state index is 10.5. The Morgan fingerprint density at radius 2 is 2.40 bits per heavy atom. The Bertz CT molecular complexity index is 135. The van der Waals surface area contributed by atoms with Crippen LogP contribution in [0.1, 0.15) is 6.92 Å². The molecule has 0 heterocycles. The zero-order valence-corrected chi connectivity index (χ0v) is 5.81. The normalized spacial score (nSPS) is 8.50. The standard InChI is InChI=1S/C5H11N3O2/c1-2-10-4(9)3-8-5(6)7/h2-3H2,1H3,(H4,6,7,8). The lowest BCUT2D eigenvalue weighted by Gasteiger charge is -2.01. The molecule has 0 fully saturated rings. The molecule has 0 saturated heterocycles. The number of hydrogen-bond donors (Lipinski definition) is 3. The molecule has 0 atom stereocenters. The predicted octanol–water partition coefficient (Wildman–Crippen LogP) is -0.967. The Labute approximate surface area is 59.0 Å². The number of rotatable bonds is 3. The molecule has 58 valence electrons. The van der Waals surface area contributed by atoms with Crippen molar-refractivity contribution < 1.29 is 9.53 Å². The minimum absolute atomic E-state index is 0.0385. The molecule has 0 unspecified atom stereocenters. The Morgan fingerprint density at radius 1 is 1.80 bits per heavy atom. The van der Waals surface area contributed by atoms with E-state index in [0.717, 1.165) is 0 Å². The van der Waals surface area contributed by atoms with Crippen LogP contribution in [0.5, 0.6) is 0 Å². The molecule has 0 aromatic carbocycles. The maximum Gasteiger partial charge on any atom is 0.325 e. The highest BCUT2D eigenvalue weighted by Crippen LogP contribution is 1.73. The fourth-order valence-corrected chi connectivity index (χ4v) is 0.379. The van der Waals surface area contributed by atoms with E-state index in [1.165, 1.54) is 0 Å². The number of hydrogen-bond acceptors (Lipinski definition) is 3. The third-order valence-electron chi connectivity index (χ3n) is 0.729. The first kappa shape index (κ1) is 8.74. The lowest BCUT2D eigenvalue weighted by atomic mass is 10.6. The molecule has 0 aliphatic rings. The van der Waals surface area contributed by atoms with Crippen LogP contribution in [0.4, 0.5) is 0 Å². The second-order valence-electron chi connectivity index (χ2n) is 1.57. The van der Waals surface area contributed by atoms with Crippen LogP contribution < -0.4 is 11.1 Å². The topological polar surface area (TPSA) is 88.2 Å². The summed E-state index contributed by atoms with van der Waals surface area (Å²) in [5.41, 5.74) is 4.90. The number of nitrogens with one attached hydrogen (secondary N) is 2. The van der Waals surface area contributed by atoms with Crippen LogP contribution in [0.2, 0.25) is 0 Å². The van der Waals surface area contributed by atoms with Gasteiger partial charge in [-0.15, -0.1) is 0 Å². The lowest BCUT2D eigenvalue weighted by Crippen LogP contribution is -2.35. The number of esters is 1. The van der Waals surface area contributed by atoms with Gasteiger partial charge < -0.3 is 15.8 Å². The first-order valence-electron chi connectivity index (χ1n) is 2.90. The van der Waals surface area contributed by atoms with E-state index in [2.05, 4.69) is 10.1 Å². The van der Waals surface area contributed by atoms with Gasteiger partial charge in [-0.05, 0) is 6.92 Å². The van der Waals surface area contributed by atoms with E-state index < -0.39 is 5.97 Å². The number of ether oxygens (including phenoxy) is 1. The van der Waals surface area contributed by atoms with Crippen molar-refractivity contribution in [1.29, 1.82) is 5.41 Å². The first-order chi connectivity index (χ1) is 4.66. The van der Waals surface area contributed by atoms with Crippen LogP contribution in [0.25, 0.3) is 0 Å². The quantitative estimate of drug-likeness (QED) is 0.271. The van der Waals surface area contributed by atoms with Crippen LogP contribution in [0.3, 0.4) is 0 Å². The van der Waals surface area contributed by atoms with E-state index in [1.54, 1.807) is 6.92 Å². The van der Waals surface area contributed by atoms with Gasteiger partial charge in [0.25, 0.3) is 0 Å². The molecule has 10 heavy (non-hydrogen) atoms. The van der Waals surface area contributed by atoms with Gasteiger partial charge in [-0.1, -0.05) is 0 Å². The Morgan fingerprint density at radius 3 is 2.80 bits per heavy atom. The highest BCUT2D eigenvalue weighted by atomic mass is 16.5. The van der Waals surface area contributed by atoms with Gasteiger partial charge in [0.05, 0.1) is 6.61 Å². The number of guanidine groups is 1. The van der Waals surface area contributed by atoms with Gasteiger partial charge in [0.15, 0.2) is 5.96 Å². The van der Waals surface area contributed by atoms with Gasteiger partial charge in [-0.3, -0.25) is 10.2 Å². The molecule has 0 spiro atoms. The van der Waals surface area contributed by atoms with Crippen LogP contribution in [0.15, 0.2) is 0 Å². The van der Waals surface area contributed by atoms with Crippen molar-refractivity contribution in [1.82, 2.24) is 5.32 Å². The van der Waals surface area contributed by atoms with E-state index in [-0.39, 0.29) is 12.5 Å². The average molecular weight is 145 g/mol. The predicted molar refractivity (Wildman–Crippen MR) is 36.5 cm³/mol. The summed E-state index contributed by atoms with van der Waals surface area (Å²) in [6, 6.07) is 0. The van der Waals surface area contributed by atoms with Crippen molar-refractivity contribution >= 4 is 11.9 Å². The molecule has 0 aliphatic heterocycles. The fraction of sp³-hybridized carbons (Fsp3) is 0.600. The third kappa shape index (κ3) is 4.89. The summed E-state index contributed by atoms with van der Waals surface area (Å²) in [4.78, 5) is 10.5. The first-order valence-corrected chi connectivity index (χ1v) is 2.90. The molecule has 0 radical (unpaired) electrons. The minimum atomic E-state index is -0.405. The molecule has 0 aromatic heterocycles. The SMILES string of the molecule is CCOC(=O)CNC(=N)N. The molecular formula is C5H11N3O2. The van der Waals surface area contributed by atoms with Crippen LogP contribution in [0, 0.1) is 5.41 Å². The number of nitrogens with two attached hydrogens (primary N) is 1. The van der Waals surface area contributed by atoms with Crippen molar-refractivity contribution in [3.63, 3.8) is 0 Å². The van der Waals surface area contributed by atoms with Crippen LogP contribution in [-0.4, -0.2) is 25.1 Å². The highest BCUT2D eigenvalue weighted by molar-refractivity contribution is 5.80. The summed E-state index contributed by atoms with van der Waals surface area (Å²) in [7, 11) is 0. The van der Waals surface area contributed by atoms with Crippen LogP contribution >= 0.6 is 0 Å². The highest BCUT2D eigenvalue weighted by Gasteiger charge is 1.98. The monoisotopic (exact) mass is 145 g/mol. The van der Waals surface area contributed by atoms with E-state index in [1.807, 2.05) is 0 Å². The molecule has 5 nitrogen and oxygen atoms in total. The third-order valence-corrected chi connectivity index (χ3v) is 0.729. The van der Waals surface area contributed by atoms with Crippen molar-refractivity contribution in [2.45, 2.75) is 6.92 Å². The summed E-state index contributed by atoms with van der Waals surface area (Å²) in [6.07, 6.45) is 0. The Hall–Kier alpha value is -1.26. The smallest absolute Gasteiger partial charge is 0.325 e. The largest absolute Gasteiger partial charge is 0.465 e. The van der Waals surface area contributed by atoms with Gasteiger partial charge in [0, 0.05) is 0 Å². The minimum Gasteiger partial charge on any atom is -0.465 e. The Balaban J connectivity index is 3.30. The lowest BCUT2D eigenvalue weighted by molar-refractivity contribution is -0.141. The van der Waals surface area contributed by atoms with E-state index in [9.17, 15) is 4.79 Å². The van der Waals surface area contributed by atoms with E-state index in [4.69, 9.17) is 11.1 Å². The van der Waals surface area contributed by atoms with Gasteiger partial charge in [-0.2, -0.15) is 0 Å². The molecule has 0 rings (SSSR count). The summed E-state index contributed by atoms with van der Waals surface area (Å²) in [5.74, 6) is -0.634. The molecular weight excluding hydrogens is 134 g/mol. The van der Waals surface area contributed by atoms with Crippen LogP contribution in [-0.2, 0) is 9.53 Å². The zero-order chi connectivity index (χ0) is 7.98. The second-order valence-corrected chi connectivity index (χ2v) is 1.57. The van der Waals surface area contributed by atoms with Crippen molar-refractivity contribution in [2.24, 2.45) is 5.73 Å². The summed E-state index contributed by atoms with van der Waals surface area (Å²) in [6.45, 7) is 2.02. The average Bonchev–Trinajstić information content (AvgIpc) is 1.85. The molecule has 0 amide bonds. The zero-order valence-electron chi connectivity index (χ0n) is 5.81. The summed E-state index contributed by atoms with van der Waals surface area (Å²) < 4.78 is 4.54. The molecule has 5 heteroatoms. The van der Waals surface area contributed by atoms with E-state index >= 15 is 0 Å². The summed E-state index contributed by atoms with van der Waals surface area (Å²) >= 11 is 0. The van der Waals surface area contributed by atoms with Gasteiger partial charge in [-0.25, -0.2) is 0 Å². The van der Waals surface area contributed by atoms with Gasteiger partial charge in [0.2, 0.25) is 0 Å². The Kier molecular flexibility index (Phi) is 4.02. The van der Waals surface area contributed by atoms with E-state index in [0.29, 0.717) is 6.61 Å². The van der Waals surface area contributed by atoms with Crippen molar-refractivity contribution in [2.75, 3.05) is 13.2 Å². The molecule has 0 aliphatic carbocycles. The molecule has 0 aromatic rings. The molecule has 0 saturated carbocycles. The summed E-state index contributed by atoms with van der Waals surface area (Å²) in [5, 5.41) is 9.00. The maximum absolute atomic E-state index is 10.5. The number of carbonyl (C=O) groups excluding carboxylic acids is 1. The fourth-order valence-electron chi connectivity index (χ4n) is 0.379. The molecule has 0 bridgehead atoms. The number of carbonyl (C=O) groups is 1. The molecule has 4 N–H and O–H groups in total.